The zero-order chi connectivity index (χ0) is 21.0. The monoisotopic (exact) mass is 408 g/mol. The van der Waals surface area contributed by atoms with Crippen LogP contribution in [0.1, 0.15) is 34.0 Å². The van der Waals surface area contributed by atoms with E-state index in [-0.39, 0.29) is 10.8 Å². The number of aryl methyl sites for hydroxylation is 3. The van der Waals surface area contributed by atoms with E-state index in [1.54, 1.807) is 12.1 Å². The molecule has 0 aliphatic heterocycles. The van der Waals surface area contributed by atoms with Crippen LogP contribution in [0.2, 0.25) is 0 Å². The van der Waals surface area contributed by atoms with Gasteiger partial charge in [-0.2, -0.15) is 0 Å². The molecule has 3 rings (SSSR count). The van der Waals surface area contributed by atoms with Crippen LogP contribution in [-0.4, -0.2) is 14.3 Å². The Morgan fingerprint density at radius 2 is 1.55 bits per heavy atom. The van der Waals surface area contributed by atoms with Gasteiger partial charge < -0.3 is 5.32 Å². The van der Waals surface area contributed by atoms with Gasteiger partial charge in [0.25, 0.3) is 15.9 Å². The molecule has 0 aromatic heterocycles. The summed E-state index contributed by atoms with van der Waals surface area (Å²) in [6, 6.07) is 18.9. The normalized spacial score (nSPS) is 11.1. The maximum absolute atomic E-state index is 12.6. The fraction of sp³-hybridized carbons (Fsp3) is 0.174. The second-order valence-electron chi connectivity index (χ2n) is 6.91. The van der Waals surface area contributed by atoms with Crippen LogP contribution >= 0.6 is 0 Å². The Hall–Kier alpha value is -3.12. The van der Waals surface area contributed by atoms with Crippen LogP contribution in [0.15, 0.2) is 71.6 Å². The highest BCUT2D eigenvalue weighted by Gasteiger charge is 2.16. The van der Waals surface area contributed by atoms with Crippen LogP contribution in [0.3, 0.4) is 0 Å². The van der Waals surface area contributed by atoms with Crippen LogP contribution in [0.25, 0.3) is 0 Å². The number of sulfonamides is 1. The average molecular weight is 409 g/mol. The first-order valence-electron chi connectivity index (χ1n) is 9.39. The summed E-state index contributed by atoms with van der Waals surface area (Å²) in [7, 11) is -3.73. The Bertz CT molecular complexity index is 1120. The molecule has 0 saturated heterocycles. The maximum atomic E-state index is 12.6. The molecular weight excluding hydrogens is 384 g/mol. The second kappa shape index (κ2) is 8.49. The minimum absolute atomic E-state index is 0.0970. The van der Waals surface area contributed by atoms with Gasteiger partial charge in [-0.25, -0.2) is 8.42 Å². The van der Waals surface area contributed by atoms with Crippen molar-refractivity contribution in [2.75, 3.05) is 10.0 Å². The third kappa shape index (κ3) is 4.84. The standard InChI is InChI=1S/C23H24N2O3S/c1-4-18-7-5-6-17(3)22(18)24-23(26)19-10-14-21(15-11-19)29(27,28)25-20-12-8-16(2)9-13-20/h5-15,25H,4H2,1-3H3,(H,24,26). The maximum Gasteiger partial charge on any atom is 0.261 e. The van der Waals surface area contributed by atoms with E-state index in [0.29, 0.717) is 11.3 Å². The molecule has 0 aliphatic carbocycles. The molecule has 6 heteroatoms. The topological polar surface area (TPSA) is 75.3 Å². The number of benzene rings is 3. The summed E-state index contributed by atoms with van der Waals surface area (Å²) in [6.07, 6.45) is 0.805. The predicted molar refractivity (Wildman–Crippen MR) is 117 cm³/mol. The number of rotatable bonds is 6. The van der Waals surface area contributed by atoms with Crippen molar-refractivity contribution in [1.82, 2.24) is 0 Å². The molecule has 0 atom stereocenters. The number of amides is 1. The van der Waals surface area contributed by atoms with E-state index in [4.69, 9.17) is 0 Å². The molecule has 0 saturated carbocycles. The fourth-order valence-corrected chi connectivity index (χ4v) is 4.07. The van der Waals surface area contributed by atoms with E-state index in [0.717, 1.165) is 28.8 Å². The number of para-hydroxylation sites is 1. The number of hydrogen-bond donors (Lipinski definition) is 2. The van der Waals surface area contributed by atoms with Crippen LogP contribution in [-0.2, 0) is 16.4 Å². The smallest absolute Gasteiger partial charge is 0.261 e. The highest BCUT2D eigenvalue weighted by atomic mass is 32.2. The van der Waals surface area contributed by atoms with Crippen molar-refractivity contribution in [3.63, 3.8) is 0 Å². The summed E-state index contributed by atoms with van der Waals surface area (Å²) in [5.41, 5.74) is 4.77. The van der Waals surface area contributed by atoms with Crippen LogP contribution in [0, 0.1) is 13.8 Å². The lowest BCUT2D eigenvalue weighted by atomic mass is 10.1. The van der Waals surface area contributed by atoms with Crippen molar-refractivity contribution in [3.05, 3.63) is 89.0 Å². The molecule has 150 valence electrons. The van der Waals surface area contributed by atoms with Gasteiger partial charge in [0.2, 0.25) is 0 Å². The van der Waals surface area contributed by atoms with Crippen molar-refractivity contribution >= 4 is 27.3 Å². The molecule has 3 aromatic carbocycles. The van der Waals surface area contributed by atoms with E-state index in [2.05, 4.69) is 10.0 Å². The lowest BCUT2D eigenvalue weighted by Gasteiger charge is -2.13. The molecule has 2 N–H and O–H groups in total. The summed E-state index contributed by atoms with van der Waals surface area (Å²) >= 11 is 0. The van der Waals surface area contributed by atoms with Gasteiger partial charge in [0, 0.05) is 16.9 Å². The quantitative estimate of drug-likeness (QED) is 0.608. The predicted octanol–water partition coefficient (Wildman–Crippen LogP) is 4.92. The van der Waals surface area contributed by atoms with Crippen LogP contribution in [0.4, 0.5) is 11.4 Å². The number of hydrogen-bond acceptors (Lipinski definition) is 3. The van der Waals surface area contributed by atoms with Gasteiger partial charge in [-0.15, -0.1) is 0 Å². The minimum Gasteiger partial charge on any atom is -0.321 e. The van der Waals surface area contributed by atoms with Crippen molar-refractivity contribution in [2.24, 2.45) is 0 Å². The molecule has 0 fully saturated rings. The lowest BCUT2D eigenvalue weighted by Crippen LogP contribution is -2.16. The first kappa shape index (κ1) is 20.6. The molecule has 3 aromatic rings. The molecule has 29 heavy (non-hydrogen) atoms. The fourth-order valence-electron chi connectivity index (χ4n) is 3.01. The Balaban J connectivity index is 1.77. The van der Waals surface area contributed by atoms with Gasteiger partial charge in [0.05, 0.1) is 4.90 Å². The third-order valence-electron chi connectivity index (χ3n) is 4.71. The zero-order valence-electron chi connectivity index (χ0n) is 16.7. The van der Waals surface area contributed by atoms with E-state index in [1.165, 1.54) is 24.3 Å². The van der Waals surface area contributed by atoms with Crippen molar-refractivity contribution in [2.45, 2.75) is 32.1 Å². The summed E-state index contributed by atoms with van der Waals surface area (Å²) in [5.74, 6) is -0.274. The first-order valence-corrected chi connectivity index (χ1v) is 10.9. The minimum atomic E-state index is -3.73. The van der Waals surface area contributed by atoms with Gasteiger partial charge in [0.1, 0.15) is 0 Å². The van der Waals surface area contributed by atoms with Gasteiger partial charge >= 0.3 is 0 Å². The summed E-state index contributed by atoms with van der Waals surface area (Å²) in [6.45, 7) is 5.91. The Morgan fingerprint density at radius 3 is 2.17 bits per heavy atom. The lowest BCUT2D eigenvalue weighted by molar-refractivity contribution is 0.102. The second-order valence-corrected chi connectivity index (χ2v) is 8.60. The summed E-state index contributed by atoms with van der Waals surface area (Å²) < 4.78 is 27.7. The van der Waals surface area contributed by atoms with E-state index >= 15 is 0 Å². The Kier molecular flexibility index (Phi) is 6.03. The molecule has 0 aliphatic rings. The van der Waals surface area contributed by atoms with Gasteiger partial charge in [-0.05, 0) is 67.8 Å². The summed E-state index contributed by atoms with van der Waals surface area (Å²) in [5, 5.41) is 2.95. The number of anilines is 2. The highest BCUT2D eigenvalue weighted by molar-refractivity contribution is 7.92. The molecule has 5 nitrogen and oxygen atoms in total. The molecule has 0 bridgehead atoms. The Morgan fingerprint density at radius 1 is 0.897 bits per heavy atom. The molecule has 0 spiro atoms. The highest BCUT2D eigenvalue weighted by Crippen LogP contribution is 2.22. The van der Waals surface area contributed by atoms with Crippen molar-refractivity contribution in [1.29, 1.82) is 0 Å². The van der Waals surface area contributed by atoms with Gasteiger partial charge in [0.15, 0.2) is 0 Å². The van der Waals surface area contributed by atoms with Gasteiger partial charge in [-0.1, -0.05) is 42.8 Å². The number of carbonyl (C=O) groups excluding carboxylic acids is 1. The molecular formula is C23H24N2O3S. The largest absolute Gasteiger partial charge is 0.321 e. The van der Waals surface area contributed by atoms with E-state index in [9.17, 15) is 13.2 Å². The van der Waals surface area contributed by atoms with Crippen molar-refractivity contribution < 1.29 is 13.2 Å². The van der Waals surface area contributed by atoms with Crippen LogP contribution in [0.5, 0.6) is 0 Å². The zero-order valence-corrected chi connectivity index (χ0v) is 17.5. The van der Waals surface area contributed by atoms with Crippen LogP contribution < -0.4 is 10.0 Å². The Labute approximate surface area is 171 Å². The SMILES string of the molecule is CCc1cccc(C)c1NC(=O)c1ccc(S(=O)(=O)Nc2ccc(C)cc2)cc1. The third-order valence-corrected chi connectivity index (χ3v) is 6.11. The van der Waals surface area contributed by atoms with Crippen molar-refractivity contribution in [3.8, 4) is 0 Å². The summed E-state index contributed by atoms with van der Waals surface area (Å²) in [4.78, 5) is 12.7. The van der Waals surface area contributed by atoms with E-state index in [1.807, 2.05) is 51.1 Å². The van der Waals surface area contributed by atoms with Gasteiger partial charge in [-0.3, -0.25) is 9.52 Å². The van der Waals surface area contributed by atoms with E-state index < -0.39 is 10.0 Å². The molecule has 0 unspecified atom stereocenters. The molecule has 0 heterocycles. The average Bonchev–Trinajstić information content (AvgIpc) is 2.71. The number of carbonyl (C=O) groups is 1. The molecule has 1 amide bonds. The number of nitrogens with one attached hydrogen (secondary N) is 2. The first-order chi connectivity index (χ1) is 13.8. The molecule has 0 radical (unpaired) electrons.